The summed E-state index contributed by atoms with van der Waals surface area (Å²) in [5.74, 6) is 0.00194. The summed E-state index contributed by atoms with van der Waals surface area (Å²) in [6, 6.07) is 8.19. The molecule has 19 heavy (non-hydrogen) atoms. The van der Waals surface area contributed by atoms with Crippen molar-refractivity contribution in [2.45, 2.75) is 6.18 Å². The molecule has 2 nitrogen and oxygen atoms in total. The van der Waals surface area contributed by atoms with Gasteiger partial charge in [0.2, 0.25) is 0 Å². The topological polar surface area (TPSA) is 24.9 Å². The molecule has 100 valence electrons. The average Bonchev–Trinajstić information content (AvgIpc) is 2.26. The Balaban J connectivity index is 2.33. The molecule has 1 heterocycles. The highest BCUT2D eigenvalue weighted by molar-refractivity contribution is 6.31. The van der Waals surface area contributed by atoms with Crippen molar-refractivity contribution in [2.24, 2.45) is 0 Å². The molecule has 2 rings (SSSR count). The Bertz CT molecular complexity index is 600. The van der Waals surface area contributed by atoms with Crippen molar-refractivity contribution in [3.05, 3.63) is 52.1 Å². The summed E-state index contributed by atoms with van der Waals surface area (Å²) in [5, 5.41) is 2.94. The molecule has 0 aliphatic carbocycles. The van der Waals surface area contributed by atoms with E-state index in [0.29, 0.717) is 10.7 Å². The van der Waals surface area contributed by atoms with E-state index in [2.05, 4.69) is 10.3 Å². The van der Waals surface area contributed by atoms with Gasteiger partial charge in [-0.15, -0.1) is 0 Å². The molecule has 2 aromatic rings. The Labute approximate surface area is 117 Å². The van der Waals surface area contributed by atoms with Crippen molar-refractivity contribution in [3.63, 3.8) is 0 Å². The van der Waals surface area contributed by atoms with Gasteiger partial charge in [-0.3, -0.25) is 0 Å². The van der Waals surface area contributed by atoms with Crippen LogP contribution in [-0.4, -0.2) is 4.98 Å². The zero-order chi connectivity index (χ0) is 14.0. The van der Waals surface area contributed by atoms with Crippen LogP contribution < -0.4 is 5.32 Å². The van der Waals surface area contributed by atoms with Crippen molar-refractivity contribution in [1.82, 2.24) is 4.98 Å². The second-order valence-electron chi connectivity index (χ2n) is 3.70. The zero-order valence-electron chi connectivity index (χ0n) is 9.30. The van der Waals surface area contributed by atoms with Gasteiger partial charge in [-0.25, -0.2) is 4.98 Å². The molecule has 0 aliphatic heterocycles. The molecule has 0 aliphatic rings. The summed E-state index contributed by atoms with van der Waals surface area (Å²) in [5.41, 5.74) is -0.340. The van der Waals surface area contributed by atoms with Crippen LogP contribution in [0, 0.1) is 0 Å². The van der Waals surface area contributed by atoms with E-state index in [0.717, 1.165) is 12.1 Å². The van der Waals surface area contributed by atoms with Gasteiger partial charge in [0.1, 0.15) is 11.0 Å². The van der Waals surface area contributed by atoms with Gasteiger partial charge in [0, 0.05) is 10.7 Å². The van der Waals surface area contributed by atoms with Crippen molar-refractivity contribution < 1.29 is 13.2 Å². The Hall–Kier alpha value is -1.46. The van der Waals surface area contributed by atoms with E-state index in [9.17, 15) is 13.2 Å². The molecule has 1 aromatic carbocycles. The first-order valence-corrected chi connectivity index (χ1v) is 5.87. The first kappa shape index (κ1) is 14.0. The van der Waals surface area contributed by atoms with Gasteiger partial charge in [0.15, 0.2) is 0 Å². The second-order valence-corrected chi connectivity index (χ2v) is 4.52. The highest BCUT2D eigenvalue weighted by Crippen LogP contribution is 2.32. The maximum absolute atomic E-state index is 12.6. The molecule has 7 heteroatoms. The number of nitrogens with one attached hydrogen (secondary N) is 1. The van der Waals surface area contributed by atoms with Gasteiger partial charge in [0.25, 0.3) is 0 Å². The van der Waals surface area contributed by atoms with Gasteiger partial charge < -0.3 is 5.32 Å². The van der Waals surface area contributed by atoms with E-state index < -0.39 is 11.7 Å². The lowest BCUT2D eigenvalue weighted by molar-refractivity contribution is -0.137. The van der Waals surface area contributed by atoms with Crippen LogP contribution in [0.1, 0.15) is 5.56 Å². The maximum atomic E-state index is 12.6. The van der Waals surface area contributed by atoms with Gasteiger partial charge in [-0.2, -0.15) is 13.2 Å². The molecule has 0 atom stereocenters. The molecule has 0 saturated heterocycles. The molecule has 0 radical (unpaired) electrons. The quantitative estimate of drug-likeness (QED) is 0.776. The van der Waals surface area contributed by atoms with Crippen LogP contribution in [-0.2, 0) is 6.18 Å². The van der Waals surface area contributed by atoms with Crippen LogP contribution in [0.25, 0.3) is 0 Å². The number of alkyl halides is 3. The summed E-state index contributed by atoms with van der Waals surface area (Å²) >= 11 is 11.4. The molecule has 1 N–H and O–H groups in total. The molecule has 0 spiro atoms. The Morgan fingerprint density at radius 2 is 1.79 bits per heavy atom. The Morgan fingerprint density at radius 1 is 1.05 bits per heavy atom. The third-order valence-electron chi connectivity index (χ3n) is 2.22. The van der Waals surface area contributed by atoms with Crippen molar-refractivity contribution in [3.8, 4) is 0 Å². The summed E-state index contributed by atoms with van der Waals surface area (Å²) in [7, 11) is 0. The zero-order valence-corrected chi connectivity index (χ0v) is 10.8. The lowest BCUT2D eigenvalue weighted by atomic mass is 10.2. The van der Waals surface area contributed by atoms with Gasteiger partial charge in [0.05, 0.1) is 5.56 Å². The molecule has 0 fully saturated rings. The number of hydrogen-bond acceptors (Lipinski definition) is 2. The standard InChI is InChI=1S/C12H7Cl2F3N2/c13-8-2-1-3-9(6-8)18-11-5-7(12(15,16)17)4-10(14)19-11/h1-6H,(H,18,19). The normalized spacial score (nSPS) is 11.4. The smallest absolute Gasteiger partial charge is 0.340 e. The minimum absolute atomic E-state index is 0.00194. The van der Waals surface area contributed by atoms with E-state index >= 15 is 0 Å². The second kappa shape index (κ2) is 5.27. The SMILES string of the molecule is FC(F)(F)c1cc(Cl)nc(Nc2cccc(Cl)c2)c1. The highest BCUT2D eigenvalue weighted by atomic mass is 35.5. The first-order valence-electron chi connectivity index (χ1n) is 5.12. The van der Waals surface area contributed by atoms with Gasteiger partial charge in [-0.05, 0) is 30.3 Å². The van der Waals surface area contributed by atoms with E-state index in [-0.39, 0.29) is 11.0 Å². The molecular weight excluding hydrogens is 300 g/mol. The van der Waals surface area contributed by atoms with Crippen molar-refractivity contribution in [1.29, 1.82) is 0 Å². The largest absolute Gasteiger partial charge is 0.416 e. The summed E-state index contributed by atoms with van der Waals surface area (Å²) < 4.78 is 37.8. The van der Waals surface area contributed by atoms with Crippen LogP contribution in [0.4, 0.5) is 24.7 Å². The van der Waals surface area contributed by atoms with Crippen LogP contribution in [0.2, 0.25) is 10.2 Å². The minimum atomic E-state index is -4.47. The fourth-order valence-electron chi connectivity index (χ4n) is 1.44. The number of aromatic nitrogens is 1. The number of halogens is 5. The number of rotatable bonds is 2. The predicted octanol–water partition coefficient (Wildman–Crippen LogP) is 5.15. The van der Waals surface area contributed by atoms with Gasteiger partial charge in [-0.1, -0.05) is 29.3 Å². The van der Waals surface area contributed by atoms with E-state index in [1.54, 1.807) is 24.3 Å². The van der Waals surface area contributed by atoms with Gasteiger partial charge >= 0.3 is 6.18 Å². The molecule has 0 saturated carbocycles. The summed E-state index contributed by atoms with van der Waals surface area (Å²) in [4.78, 5) is 3.78. The molecule has 1 aromatic heterocycles. The summed E-state index contributed by atoms with van der Waals surface area (Å²) in [6.07, 6.45) is -4.47. The fourth-order valence-corrected chi connectivity index (χ4v) is 1.84. The van der Waals surface area contributed by atoms with Crippen LogP contribution in [0.15, 0.2) is 36.4 Å². The third-order valence-corrected chi connectivity index (χ3v) is 2.65. The van der Waals surface area contributed by atoms with E-state index in [1.807, 2.05) is 0 Å². The average molecular weight is 307 g/mol. The first-order chi connectivity index (χ1) is 8.84. The monoisotopic (exact) mass is 306 g/mol. The third kappa shape index (κ3) is 3.75. The van der Waals surface area contributed by atoms with E-state index in [4.69, 9.17) is 23.2 Å². The number of nitrogens with zero attached hydrogens (tertiary/aromatic N) is 1. The van der Waals surface area contributed by atoms with E-state index in [1.165, 1.54) is 0 Å². The fraction of sp³-hybridized carbons (Fsp3) is 0.0833. The lowest BCUT2D eigenvalue weighted by Crippen LogP contribution is -2.06. The van der Waals surface area contributed by atoms with Crippen LogP contribution in [0.3, 0.4) is 0 Å². The minimum Gasteiger partial charge on any atom is -0.340 e. The highest BCUT2D eigenvalue weighted by Gasteiger charge is 2.31. The number of hydrogen-bond donors (Lipinski definition) is 1. The van der Waals surface area contributed by atoms with Crippen molar-refractivity contribution >= 4 is 34.7 Å². The van der Waals surface area contributed by atoms with Crippen LogP contribution >= 0.6 is 23.2 Å². The molecule has 0 unspecified atom stereocenters. The van der Waals surface area contributed by atoms with Crippen molar-refractivity contribution in [2.75, 3.05) is 5.32 Å². The molecular formula is C12H7Cl2F3N2. The summed E-state index contributed by atoms with van der Waals surface area (Å²) in [6.45, 7) is 0. The predicted molar refractivity (Wildman–Crippen MR) is 69.0 cm³/mol. The lowest BCUT2D eigenvalue weighted by Gasteiger charge is -2.11. The Kier molecular flexibility index (Phi) is 3.87. The molecule has 0 amide bonds. The molecule has 0 bridgehead atoms. The number of benzene rings is 1. The Morgan fingerprint density at radius 3 is 2.42 bits per heavy atom. The maximum Gasteiger partial charge on any atom is 0.416 e. The number of anilines is 2. The van der Waals surface area contributed by atoms with Crippen LogP contribution in [0.5, 0.6) is 0 Å². The number of pyridine rings is 1.